The molecule has 0 aliphatic heterocycles. The van der Waals surface area contributed by atoms with Crippen molar-refractivity contribution in [2.75, 3.05) is 24.9 Å². The van der Waals surface area contributed by atoms with Gasteiger partial charge in [0, 0.05) is 18.0 Å². The zero-order chi connectivity index (χ0) is 20.1. The first-order valence-corrected chi connectivity index (χ1v) is 8.71. The molecule has 7 nitrogen and oxygen atoms in total. The van der Waals surface area contributed by atoms with E-state index in [1.807, 2.05) is 32.0 Å². The maximum absolute atomic E-state index is 12.7. The van der Waals surface area contributed by atoms with E-state index in [1.54, 1.807) is 38.5 Å². The average molecular weight is 378 g/mol. The molecule has 28 heavy (non-hydrogen) atoms. The minimum Gasteiger partial charge on any atom is -0.497 e. The summed E-state index contributed by atoms with van der Waals surface area (Å²) in [5.41, 5.74) is 3.65. The zero-order valence-corrected chi connectivity index (χ0v) is 16.2. The lowest BCUT2D eigenvalue weighted by Gasteiger charge is -2.13. The van der Waals surface area contributed by atoms with Crippen molar-refractivity contribution in [3.63, 3.8) is 0 Å². The number of hydrogen-bond acceptors (Lipinski definition) is 6. The van der Waals surface area contributed by atoms with E-state index in [0.717, 1.165) is 16.8 Å². The molecule has 0 spiro atoms. The summed E-state index contributed by atoms with van der Waals surface area (Å²) >= 11 is 0. The molecule has 2 aromatic carbocycles. The summed E-state index contributed by atoms with van der Waals surface area (Å²) in [7, 11) is 3.16. The number of carbonyl (C=O) groups excluding carboxylic acids is 1. The molecule has 0 bridgehead atoms. The molecule has 3 aromatic rings. The summed E-state index contributed by atoms with van der Waals surface area (Å²) in [6, 6.07) is 12.8. The maximum Gasteiger partial charge on any atom is 0.274 e. The molecule has 0 aliphatic rings. The van der Waals surface area contributed by atoms with Crippen LogP contribution in [0.25, 0.3) is 0 Å². The Morgan fingerprint density at radius 3 is 2.43 bits per heavy atom. The van der Waals surface area contributed by atoms with Gasteiger partial charge in [0.25, 0.3) is 5.91 Å². The molecule has 2 N–H and O–H groups in total. The zero-order valence-electron chi connectivity index (χ0n) is 16.2. The molecular weight excluding hydrogens is 356 g/mol. The highest BCUT2D eigenvalue weighted by molar-refractivity contribution is 6.03. The third-order valence-corrected chi connectivity index (χ3v) is 4.26. The molecule has 1 aromatic heterocycles. The molecule has 0 fully saturated rings. The number of ether oxygens (including phenoxy) is 2. The van der Waals surface area contributed by atoms with Crippen LogP contribution in [0.2, 0.25) is 0 Å². The number of benzene rings is 2. The van der Waals surface area contributed by atoms with Gasteiger partial charge in [0.1, 0.15) is 17.2 Å². The van der Waals surface area contributed by atoms with Crippen LogP contribution < -0.4 is 20.1 Å². The molecule has 7 heteroatoms. The molecule has 0 saturated heterocycles. The highest BCUT2D eigenvalue weighted by Gasteiger charge is 2.13. The molecule has 0 aliphatic carbocycles. The summed E-state index contributed by atoms with van der Waals surface area (Å²) in [5, 5.41) is 6.00. The Morgan fingerprint density at radius 2 is 1.75 bits per heavy atom. The lowest BCUT2D eigenvalue weighted by Crippen LogP contribution is -2.16. The van der Waals surface area contributed by atoms with Gasteiger partial charge in [-0.3, -0.25) is 4.79 Å². The summed E-state index contributed by atoms with van der Waals surface area (Å²) in [4.78, 5) is 21.2. The van der Waals surface area contributed by atoms with Crippen LogP contribution in [0.5, 0.6) is 11.5 Å². The average Bonchev–Trinajstić information content (AvgIpc) is 2.71. The van der Waals surface area contributed by atoms with Crippen molar-refractivity contribution in [1.29, 1.82) is 0 Å². The molecule has 0 saturated carbocycles. The van der Waals surface area contributed by atoms with Crippen molar-refractivity contribution < 1.29 is 14.3 Å². The third kappa shape index (κ3) is 4.20. The summed E-state index contributed by atoms with van der Waals surface area (Å²) in [6.45, 7) is 3.90. The standard InChI is InChI=1S/C21H22N4O3/c1-13-6-5-7-14(2)19(13)25-20(26)16-10-11-22-21(23-16)24-17-12-15(27-3)8-9-18(17)28-4/h5-12H,1-4H3,(H,25,26)(H,22,23,24). The lowest BCUT2D eigenvalue weighted by atomic mass is 10.1. The van der Waals surface area contributed by atoms with Gasteiger partial charge < -0.3 is 20.1 Å². The number of amides is 1. The first-order chi connectivity index (χ1) is 13.5. The van der Waals surface area contributed by atoms with Gasteiger partial charge in [-0.25, -0.2) is 9.97 Å². The molecule has 1 heterocycles. The predicted molar refractivity (Wildman–Crippen MR) is 109 cm³/mol. The van der Waals surface area contributed by atoms with Crippen LogP contribution in [0.15, 0.2) is 48.7 Å². The number of nitrogens with one attached hydrogen (secondary N) is 2. The van der Waals surface area contributed by atoms with E-state index in [-0.39, 0.29) is 17.5 Å². The second kappa shape index (κ2) is 8.39. The smallest absolute Gasteiger partial charge is 0.274 e. The van der Waals surface area contributed by atoms with Crippen LogP contribution in [-0.4, -0.2) is 30.1 Å². The SMILES string of the molecule is COc1ccc(OC)c(Nc2nccc(C(=O)Nc3c(C)cccc3C)n2)c1. The van der Waals surface area contributed by atoms with Gasteiger partial charge >= 0.3 is 0 Å². The van der Waals surface area contributed by atoms with E-state index in [1.165, 1.54) is 6.20 Å². The Bertz CT molecular complexity index is 984. The van der Waals surface area contributed by atoms with Gasteiger partial charge in [-0.2, -0.15) is 0 Å². The minimum absolute atomic E-state index is 0.252. The molecule has 3 rings (SSSR count). The van der Waals surface area contributed by atoms with Gasteiger partial charge in [0.15, 0.2) is 0 Å². The molecule has 0 radical (unpaired) electrons. The quantitative estimate of drug-likeness (QED) is 0.671. The number of nitrogens with zero attached hydrogens (tertiary/aromatic N) is 2. The van der Waals surface area contributed by atoms with Crippen molar-refractivity contribution in [2.24, 2.45) is 0 Å². The molecule has 144 valence electrons. The van der Waals surface area contributed by atoms with E-state index >= 15 is 0 Å². The fraction of sp³-hybridized carbons (Fsp3) is 0.190. The van der Waals surface area contributed by atoms with E-state index in [2.05, 4.69) is 20.6 Å². The second-order valence-electron chi connectivity index (χ2n) is 6.18. The van der Waals surface area contributed by atoms with Crippen molar-refractivity contribution in [2.45, 2.75) is 13.8 Å². The van der Waals surface area contributed by atoms with Crippen LogP contribution in [0.3, 0.4) is 0 Å². The van der Waals surface area contributed by atoms with E-state index in [0.29, 0.717) is 17.2 Å². The van der Waals surface area contributed by atoms with Crippen LogP contribution in [0.1, 0.15) is 21.6 Å². The Hall–Kier alpha value is -3.61. The van der Waals surface area contributed by atoms with Crippen molar-refractivity contribution in [1.82, 2.24) is 9.97 Å². The number of anilines is 3. The number of aryl methyl sites for hydroxylation is 2. The minimum atomic E-state index is -0.305. The largest absolute Gasteiger partial charge is 0.497 e. The van der Waals surface area contributed by atoms with Crippen molar-refractivity contribution >= 4 is 23.2 Å². The maximum atomic E-state index is 12.7. The Kier molecular flexibility index (Phi) is 5.74. The number of para-hydroxylation sites is 1. The highest BCUT2D eigenvalue weighted by Crippen LogP contribution is 2.30. The van der Waals surface area contributed by atoms with Gasteiger partial charge in [0.05, 0.1) is 19.9 Å². The monoisotopic (exact) mass is 378 g/mol. The fourth-order valence-electron chi connectivity index (χ4n) is 2.77. The first-order valence-electron chi connectivity index (χ1n) is 8.71. The highest BCUT2D eigenvalue weighted by atomic mass is 16.5. The van der Waals surface area contributed by atoms with Crippen LogP contribution in [0.4, 0.5) is 17.3 Å². The number of carbonyl (C=O) groups is 1. The van der Waals surface area contributed by atoms with Crippen molar-refractivity contribution in [3.8, 4) is 11.5 Å². The van der Waals surface area contributed by atoms with Gasteiger partial charge in [-0.1, -0.05) is 18.2 Å². The van der Waals surface area contributed by atoms with Gasteiger partial charge in [-0.15, -0.1) is 0 Å². The Morgan fingerprint density at radius 1 is 1.00 bits per heavy atom. The molecular formula is C21H22N4O3. The first kappa shape index (κ1) is 19.2. The summed E-state index contributed by atoms with van der Waals surface area (Å²) in [5.74, 6) is 1.24. The van der Waals surface area contributed by atoms with Gasteiger partial charge in [0.2, 0.25) is 5.95 Å². The van der Waals surface area contributed by atoms with Crippen molar-refractivity contribution in [3.05, 3.63) is 65.5 Å². The van der Waals surface area contributed by atoms with E-state index in [9.17, 15) is 4.79 Å². The topological polar surface area (TPSA) is 85.4 Å². The normalized spacial score (nSPS) is 10.3. The number of rotatable bonds is 6. The number of hydrogen-bond donors (Lipinski definition) is 2. The predicted octanol–water partition coefficient (Wildman–Crippen LogP) is 4.11. The van der Waals surface area contributed by atoms with E-state index in [4.69, 9.17) is 9.47 Å². The summed E-state index contributed by atoms with van der Waals surface area (Å²) in [6.07, 6.45) is 1.53. The van der Waals surface area contributed by atoms with Crippen LogP contribution in [-0.2, 0) is 0 Å². The molecule has 0 atom stereocenters. The summed E-state index contributed by atoms with van der Waals surface area (Å²) < 4.78 is 10.6. The molecule has 0 unspecified atom stereocenters. The van der Waals surface area contributed by atoms with Gasteiger partial charge in [-0.05, 0) is 43.2 Å². The van der Waals surface area contributed by atoms with Crippen LogP contribution in [0, 0.1) is 13.8 Å². The molecule has 1 amide bonds. The van der Waals surface area contributed by atoms with Crippen LogP contribution >= 0.6 is 0 Å². The van der Waals surface area contributed by atoms with E-state index < -0.39 is 0 Å². The Labute approximate surface area is 163 Å². The number of aromatic nitrogens is 2. The second-order valence-corrected chi connectivity index (χ2v) is 6.18. The lowest BCUT2D eigenvalue weighted by molar-refractivity contribution is 0.102. The Balaban J connectivity index is 1.84. The fourth-order valence-corrected chi connectivity index (χ4v) is 2.77. The third-order valence-electron chi connectivity index (χ3n) is 4.26. The number of methoxy groups -OCH3 is 2.